The van der Waals surface area contributed by atoms with Gasteiger partial charge < -0.3 is 5.11 Å². The Bertz CT molecular complexity index is 280. The van der Waals surface area contributed by atoms with Crippen LogP contribution in [-0.4, -0.2) is 24.7 Å². The Labute approximate surface area is 92.8 Å². The first-order chi connectivity index (χ1) is 7.22. The molecule has 0 aliphatic heterocycles. The molecule has 1 aromatic rings. The van der Waals surface area contributed by atoms with Gasteiger partial charge in [-0.3, -0.25) is 4.48 Å². The Morgan fingerprint density at radius 3 is 1.73 bits per heavy atom. The molecule has 0 radical (unpaired) electrons. The summed E-state index contributed by atoms with van der Waals surface area (Å²) in [7, 11) is 0. The van der Waals surface area contributed by atoms with Gasteiger partial charge in [-0.25, -0.2) is 0 Å². The maximum atomic E-state index is 9.00. The van der Waals surface area contributed by atoms with Crippen LogP contribution >= 0.6 is 0 Å². The smallest absolute Gasteiger partial charge is 0.132 e. The van der Waals surface area contributed by atoms with Crippen molar-refractivity contribution in [2.24, 2.45) is 0 Å². The number of aliphatic hydroxyl groups is 1. The summed E-state index contributed by atoms with van der Waals surface area (Å²) < 4.78 is 1.02. The second-order valence-corrected chi connectivity index (χ2v) is 3.92. The lowest BCUT2D eigenvalue weighted by molar-refractivity contribution is 0.281. The molecule has 0 saturated heterocycles. The minimum Gasteiger partial charge on any atom is -0.392 e. The van der Waals surface area contributed by atoms with E-state index in [2.05, 4.69) is 32.9 Å². The molecule has 0 saturated carbocycles. The van der Waals surface area contributed by atoms with Gasteiger partial charge in [-0.05, 0) is 38.5 Å². The monoisotopic (exact) mass is 208 g/mol. The van der Waals surface area contributed by atoms with Crippen LogP contribution in [0.3, 0.4) is 0 Å². The molecule has 0 heterocycles. The van der Waals surface area contributed by atoms with Gasteiger partial charge in [0.15, 0.2) is 0 Å². The number of benzene rings is 1. The zero-order valence-corrected chi connectivity index (χ0v) is 10.0. The van der Waals surface area contributed by atoms with Crippen molar-refractivity contribution >= 4 is 5.69 Å². The summed E-state index contributed by atoms with van der Waals surface area (Å²) in [6.07, 6.45) is 0. The van der Waals surface area contributed by atoms with Crippen LogP contribution in [0.2, 0.25) is 0 Å². The zero-order valence-electron chi connectivity index (χ0n) is 10.0. The number of quaternary nitrogens is 1. The molecule has 2 heteroatoms. The van der Waals surface area contributed by atoms with Crippen LogP contribution in [0.25, 0.3) is 0 Å². The summed E-state index contributed by atoms with van der Waals surface area (Å²) in [6, 6.07) is 8.32. The molecule has 1 rings (SSSR count). The van der Waals surface area contributed by atoms with Crippen molar-refractivity contribution in [3.8, 4) is 0 Å². The second-order valence-electron chi connectivity index (χ2n) is 3.92. The quantitative estimate of drug-likeness (QED) is 0.737. The number of hydrogen-bond acceptors (Lipinski definition) is 1. The number of aliphatic hydroxyl groups excluding tert-OH is 1. The largest absolute Gasteiger partial charge is 0.392 e. The van der Waals surface area contributed by atoms with Crippen molar-refractivity contribution in [2.75, 3.05) is 19.6 Å². The molecule has 15 heavy (non-hydrogen) atoms. The first-order valence-corrected chi connectivity index (χ1v) is 5.78. The van der Waals surface area contributed by atoms with E-state index in [4.69, 9.17) is 5.11 Å². The van der Waals surface area contributed by atoms with Crippen molar-refractivity contribution in [3.63, 3.8) is 0 Å². The second kappa shape index (κ2) is 5.29. The predicted octanol–water partition coefficient (Wildman–Crippen LogP) is 2.55. The van der Waals surface area contributed by atoms with Gasteiger partial charge in [0, 0.05) is 0 Å². The summed E-state index contributed by atoms with van der Waals surface area (Å²) in [5.41, 5.74) is 2.33. The van der Waals surface area contributed by atoms with E-state index in [1.165, 1.54) is 5.69 Å². The highest BCUT2D eigenvalue weighted by molar-refractivity contribution is 5.44. The van der Waals surface area contributed by atoms with Crippen LogP contribution in [0.4, 0.5) is 5.69 Å². The molecule has 0 fully saturated rings. The van der Waals surface area contributed by atoms with Gasteiger partial charge in [-0.15, -0.1) is 0 Å². The summed E-state index contributed by atoms with van der Waals surface area (Å²) in [4.78, 5) is 0. The zero-order chi connectivity index (χ0) is 11.3. The molecule has 0 spiro atoms. The van der Waals surface area contributed by atoms with Crippen LogP contribution in [0.15, 0.2) is 24.3 Å². The van der Waals surface area contributed by atoms with E-state index in [0.717, 1.165) is 29.7 Å². The van der Waals surface area contributed by atoms with Crippen LogP contribution in [-0.2, 0) is 6.61 Å². The van der Waals surface area contributed by atoms with E-state index in [1.54, 1.807) is 0 Å². The molecule has 0 atom stereocenters. The summed E-state index contributed by atoms with van der Waals surface area (Å²) in [5, 5.41) is 9.00. The van der Waals surface area contributed by atoms with E-state index in [1.807, 2.05) is 12.1 Å². The highest BCUT2D eigenvalue weighted by Gasteiger charge is 2.23. The lowest BCUT2D eigenvalue weighted by atomic mass is 10.1. The highest BCUT2D eigenvalue weighted by Crippen LogP contribution is 2.23. The molecule has 84 valence electrons. The van der Waals surface area contributed by atoms with Crippen molar-refractivity contribution in [1.82, 2.24) is 4.48 Å². The fraction of sp³-hybridized carbons (Fsp3) is 0.538. The fourth-order valence-electron chi connectivity index (χ4n) is 2.14. The van der Waals surface area contributed by atoms with Gasteiger partial charge >= 0.3 is 0 Å². The third-order valence-electron chi connectivity index (χ3n) is 3.48. The van der Waals surface area contributed by atoms with E-state index >= 15 is 0 Å². The van der Waals surface area contributed by atoms with E-state index in [9.17, 15) is 0 Å². The molecule has 1 N–H and O–H groups in total. The van der Waals surface area contributed by atoms with Gasteiger partial charge in [0.25, 0.3) is 0 Å². The third-order valence-corrected chi connectivity index (χ3v) is 3.48. The van der Waals surface area contributed by atoms with Crippen LogP contribution in [0, 0.1) is 0 Å². The van der Waals surface area contributed by atoms with Gasteiger partial charge in [0.2, 0.25) is 0 Å². The summed E-state index contributed by atoms with van der Waals surface area (Å²) >= 11 is 0. The Morgan fingerprint density at radius 1 is 0.933 bits per heavy atom. The maximum Gasteiger partial charge on any atom is 0.132 e. The lowest BCUT2D eigenvalue weighted by Gasteiger charge is -2.35. The fourth-order valence-corrected chi connectivity index (χ4v) is 2.14. The van der Waals surface area contributed by atoms with Crippen LogP contribution in [0.5, 0.6) is 0 Å². The molecule has 0 aromatic heterocycles. The van der Waals surface area contributed by atoms with Gasteiger partial charge in [0.05, 0.1) is 26.2 Å². The topological polar surface area (TPSA) is 20.2 Å². The number of nitrogens with zero attached hydrogens (tertiary/aromatic N) is 1. The minimum absolute atomic E-state index is 0.130. The van der Waals surface area contributed by atoms with Gasteiger partial charge in [-0.2, -0.15) is 0 Å². The van der Waals surface area contributed by atoms with Gasteiger partial charge in [0.1, 0.15) is 5.69 Å². The van der Waals surface area contributed by atoms with E-state index in [0.29, 0.717) is 0 Å². The molecule has 2 nitrogen and oxygen atoms in total. The molecule has 0 aliphatic rings. The van der Waals surface area contributed by atoms with Crippen molar-refractivity contribution in [2.45, 2.75) is 27.4 Å². The SMILES string of the molecule is CC[N+](CC)(CC)c1ccc(CO)cc1. The van der Waals surface area contributed by atoms with Gasteiger partial charge in [-0.1, -0.05) is 12.1 Å². The molecule has 0 amide bonds. The molecule has 0 bridgehead atoms. The van der Waals surface area contributed by atoms with Crippen molar-refractivity contribution in [1.29, 1.82) is 0 Å². The van der Waals surface area contributed by atoms with E-state index < -0.39 is 0 Å². The van der Waals surface area contributed by atoms with Crippen molar-refractivity contribution < 1.29 is 5.11 Å². The minimum atomic E-state index is 0.130. The molecule has 0 aliphatic carbocycles. The maximum absolute atomic E-state index is 9.00. The number of rotatable bonds is 5. The molecular formula is C13H22NO+. The Hall–Kier alpha value is -0.860. The highest BCUT2D eigenvalue weighted by atomic mass is 16.3. The third kappa shape index (κ3) is 2.39. The van der Waals surface area contributed by atoms with Crippen molar-refractivity contribution in [3.05, 3.63) is 29.8 Å². The Kier molecular flexibility index (Phi) is 4.30. The molecular weight excluding hydrogens is 186 g/mol. The molecule has 0 unspecified atom stereocenters. The number of hydrogen-bond donors (Lipinski definition) is 1. The predicted molar refractivity (Wildman–Crippen MR) is 65.8 cm³/mol. The average molecular weight is 208 g/mol. The molecule has 1 aromatic carbocycles. The Morgan fingerprint density at radius 2 is 1.40 bits per heavy atom. The summed E-state index contributed by atoms with van der Waals surface area (Å²) in [5.74, 6) is 0. The summed E-state index contributed by atoms with van der Waals surface area (Å²) in [6.45, 7) is 10.2. The lowest BCUT2D eigenvalue weighted by Crippen LogP contribution is -2.48. The van der Waals surface area contributed by atoms with E-state index in [-0.39, 0.29) is 6.61 Å². The first-order valence-electron chi connectivity index (χ1n) is 5.78. The Balaban J connectivity index is 3.01. The van der Waals surface area contributed by atoms with Crippen LogP contribution in [0.1, 0.15) is 26.3 Å². The standard InChI is InChI=1S/C13H22NO/c1-4-14(5-2,6-3)13-9-7-12(11-15)8-10-13/h7-10,15H,4-6,11H2,1-3H3/q+1. The normalized spacial score (nSPS) is 11.7. The van der Waals surface area contributed by atoms with Crippen LogP contribution < -0.4 is 4.48 Å². The first kappa shape index (κ1) is 12.2. The average Bonchev–Trinajstić information content (AvgIpc) is 2.33.